The molecule has 2 aromatic carbocycles. The molecule has 0 bridgehead atoms. The van der Waals surface area contributed by atoms with E-state index in [0.717, 1.165) is 11.1 Å². The summed E-state index contributed by atoms with van der Waals surface area (Å²) in [6.45, 7) is 2.48. The normalized spacial score (nSPS) is 10.2. The van der Waals surface area contributed by atoms with Crippen molar-refractivity contribution in [2.24, 2.45) is 0 Å². The van der Waals surface area contributed by atoms with E-state index in [1.807, 2.05) is 31.2 Å². The maximum Gasteiger partial charge on any atom is 0.313 e. The standard InChI is InChI=1S/C23H22N4O3/c1-16-9-11-17(12-10-16)14-25-21(28)19-7-2-3-8-20(19)27-23(30)22(29)26-15-18-6-4-5-13-24-18/h2-13H,14-15H2,1H3,(H,25,28)(H,26,29)(H,27,30). The number of carbonyl (C=O) groups excluding carboxylic acids is 3. The molecular weight excluding hydrogens is 380 g/mol. The van der Waals surface area contributed by atoms with E-state index in [2.05, 4.69) is 20.9 Å². The van der Waals surface area contributed by atoms with Crippen LogP contribution >= 0.6 is 0 Å². The molecule has 3 rings (SSSR count). The van der Waals surface area contributed by atoms with Gasteiger partial charge in [-0.05, 0) is 36.8 Å². The van der Waals surface area contributed by atoms with Crippen LogP contribution in [0.15, 0.2) is 72.9 Å². The minimum Gasteiger partial charge on any atom is -0.348 e. The Morgan fingerprint density at radius 3 is 2.27 bits per heavy atom. The van der Waals surface area contributed by atoms with Crippen LogP contribution in [-0.2, 0) is 22.7 Å². The number of rotatable bonds is 6. The van der Waals surface area contributed by atoms with Gasteiger partial charge in [0, 0.05) is 12.7 Å². The van der Waals surface area contributed by atoms with E-state index < -0.39 is 11.8 Å². The van der Waals surface area contributed by atoms with E-state index in [9.17, 15) is 14.4 Å². The van der Waals surface area contributed by atoms with Crippen LogP contribution < -0.4 is 16.0 Å². The zero-order valence-corrected chi connectivity index (χ0v) is 16.5. The van der Waals surface area contributed by atoms with Crippen LogP contribution in [0.25, 0.3) is 0 Å². The number of aromatic nitrogens is 1. The first-order chi connectivity index (χ1) is 14.5. The first-order valence-electron chi connectivity index (χ1n) is 9.45. The molecule has 7 heteroatoms. The van der Waals surface area contributed by atoms with Gasteiger partial charge in [-0.2, -0.15) is 0 Å². The molecule has 152 valence electrons. The van der Waals surface area contributed by atoms with E-state index in [1.165, 1.54) is 0 Å². The van der Waals surface area contributed by atoms with Gasteiger partial charge in [0.1, 0.15) is 0 Å². The number of carbonyl (C=O) groups is 3. The molecule has 3 aromatic rings. The predicted octanol–water partition coefficient (Wildman–Crippen LogP) is 2.57. The number of hydrogen-bond donors (Lipinski definition) is 3. The van der Waals surface area contributed by atoms with Crippen molar-refractivity contribution in [1.29, 1.82) is 0 Å². The Morgan fingerprint density at radius 2 is 1.53 bits per heavy atom. The Labute approximate surface area is 174 Å². The van der Waals surface area contributed by atoms with Gasteiger partial charge in [0.25, 0.3) is 5.91 Å². The molecule has 0 saturated heterocycles. The summed E-state index contributed by atoms with van der Waals surface area (Å²) in [6, 6.07) is 19.7. The number of nitrogens with one attached hydrogen (secondary N) is 3. The molecular formula is C23H22N4O3. The van der Waals surface area contributed by atoms with Crippen LogP contribution in [0.2, 0.25) is 0 Å². The van der Waals surface area contributed by atoms with Crippen LogP contribution in [0.4, 0.5) is 5.69 Å². The fourth-order valence-electron chi connectivity index (χ4n) is 2.71. The van der Waals surface area contributed by atoms with Gasteiger partial charge < -0.3 is 16.0 Å². The van der Waals surface area contributed by atoms with E-state index in [-0.39, 0.29) is 23.7 Å². The molecule has 0 radical (unpaired) electrons. The summed E-state index contributed by atoms with van der Waals surface area (Å²) < 4.78 is 0. The number of hydrogen-bond acceptors (Lipinski definition) is 4. The Hall–Kier alpha value is -4.00. The van der Waals surface area contributed by atoms with E-state index in [0.29, 0.717) is 12.2 Å². The van der Waals surface area contributed by atoms with Gasteiger partial charge in [-0.1, -0.05) is 48.0 Å². The average molecular weight is 402 g/mol. The molecule has 0 spiro atoms. The van der Waals surface area contributed by atoms with Crippen molar-refractivity contribution < 1.29 is 14.4 Å². The minimum absolute atomic E-state index is 0.131. The zero-order chi connectivity index (χ0) is 21.3. The highest BCUT2D eigenvalue weighted by atomic mass is 16.2. The van der Waals surface area contributed by atoms with Gasteiger partial charge in [0.15, 0.2) is 0 Å². The molecule has 7 nitrogen and oxygen atoms in total. The number of aryl methyl sites for hydroxylation is 1. The van der Waals surface area contributed by atoms with Gasteiger partial charge in [-0.15, -0.1) is 0 Å². The third-order valence-corrected chi connectivity index (χ3v) is 4.36. The largest absolute Gasteiger partial charge is 0.348 e. The van der Waals surface area contributed by atoms with Gasteiger partial charge >= 0.3 is 11.8 Å². The second kappa shape index (κ2) is 9.97. The number of benzene rings is 2. The summed E-state index contributed by atoms with van der Waals surface area (Å²) in [5.74, 6) is -2.01. The van der Waals surface area contributed by atoms with Gasteiger partial charge in [-0.3, -0.25) is 19.4 Å². The first-order valence-corrected chi connectivity index (χ1v) is 9.45. The molecule has 0 saturated carbocycles. The van der Waals surface area contributed by atoms with Crippen molar-refractivity contribution >= 4 is 23.4 Å². The summed E-state index contributed by atoms with van der Waals surface area (Å²) in [5, 5.41) is 7.83. The lowest BCUT2D eigenvalue weighted by Crippen LogP contribution is -2.35. The van der Waals surface area contributed by atoms with E-state index in [1.54, 1.807) is 48.7 Å². The maximum atomic E-state index is 12.6. The number of para-hydroxylation sites is 1. The third kappa shape index (κ3) is 5.75. The second-order valence-electron chi connectivity index (χ2n) is 6.67. The molecule has 0 aliphatic rings. The van der Waals surface area contributed by atoms with Crippen molar-refractivity contribution in [1.82, 2.24) is 15.6 Å². The molecule has 1 heterocycles. The molecule has 30 heavy (non-hydrogen) atoms. The summed E-state index contributed by atoms with van der Waals surface area (Å²) in [5.41, 5.74) is 3.27. The van der Waals surface area contributed by atoms with Crippen molar-refractivity contribution in [3.8, 4) is 0 Å². The Kier molecular flexibility index (Phi) is 6.89. The molecule has 3 N–H and O–H groups in total. The fourth-order valence-corrected chi connectivity index (χ4v) is 2.71. The topological polar surface area (TPSA) is 100 Å². The SMILES string of the molecule is Cc1ccc(CNC(=O)c2ccccc2NC(=O)C(=O)NCc2ccccn2)cc1. The van der Waals surface area contributed by atoms with Crippen molar-refractivity contribution in [3.05, 3.63) is 95.3 Å². The van der Waals surface area contributed by atoms with Crippen LogP contribution in [0.3, 0.4) is 0 Å². The van der Waals surface area contributed by atoms with Gasteiger partial charge in [0.2, 0.25) is 0 Å². The Bertz CT molecular complexity index is 1030. The predicted molar refractivity (Wildman–Crippen MR) is 114 cm³/mol. The summed E-state index contributed by atoms with van der Waals surface area (Å²) >= 11 is 0. The molecule has 0 aliphatic carbocycles. The van der Waals surface area contributed by atoms with Gasteiger partial charge in [-0.25, -0.2) is 0 Å². The second-order valence-corrected chi connectivity index (χ2v) is 6.67. The third-order valence-electron chi connectivity index (χ3n) is 4.36. The van der Waals surface area contributed by atoms with Gasteiger partial charge in [0.05, 0.1) is 23.5 Å². The lowest BCUT2D eigenvalue weighted by molar-refractivity contribution is -0.136. The highest BCUT2D eigenvalue weighted by Crippen LogP contribution is 2.15. The van der Waals surface area contributed by atoms with E-state index >= 15 is 0 Å². The number of nitrogens with zero attached hydrogens (tertiary/aromatic N) is 1. The number of anilines is 1. The quantitative estimate of drug-likeness (QED) is 0.552. The average Bonchev–Trinajstić information content (AvgIpc) is 2.78. The summed E-state index contributed by atoms with van der Waals surface area (Å²) in [6.07, 6.45) is 1.60. The monoisotopic (exact) mass is 402 g/mol. The van der Waals surface area contributed by atoms with Crippen molar-refractivity contribution in [2.45, 2.75) is 20.0 Å². The lowest BCUT2D eigenvalue weighted by Gasteiger charge is -2.12. The fraction of sp³-hybridized carbons (Fsp3) is 0.130. The summed E-state index contributed by atoms with van der Waals surface area (Å²) in [7, 11) is 0. The first kappa shape index (κ1) is 20.7. The molecule has 1 aromatic heterocycles. The molecule has 0 fully saturated rings. The van der Waals surface area contributed by atoms with Crippen LogP contribution in [-0.4, -0.2) is 22.7 Å². The van der Waals surface area contributed by atoms with Crippen LogP contribution in [0.1, 0.15) is 27.2 Å². The van der Waals surface area contributed by atoms with Crippen LogP contribution in [0, 0.1) is 6.92 Å². The smallest absolute Gasteiger partial charge is 0.313 e. The highest BCUT2D eigenvalue weighted by molar-refractivity contribution is 6.40. The highest BCUT2D eigenvalue weighted by Gasteiger charge is 2.17. The lowest BCUT2D eigenvalue weighted by atomic mass is 10.1. The van der Waals surface area contributed by atoms with Crippen LogP contribution in [0.5, 0.6) is 0 Å². The number of pyridine rings is 1. The van der Waals surface area contributed by atoms with Crippen molar-refractivity contribution in [3.63, 3.8) is 0 Å². The molecule has 3 amide bonds. The Balaban J connectivity index is 1.59. The molecule has 0 unspecified atom stereocenters. The Morgan fingerprint density at radius 1 is 0.800 bits per heavy atom. The van der Waals surface area contributed by atoms with E-state index in [4.69, 9.17) is 0 Å². The summed E-state index contributed by atoms with van der Waals surface area (Å²) in [4.78, 5) is 41.0. The molecule has 0 aliphatic heterocycles. The number of amides is 3. The maximum absolute atomic E-state index is 12.6. The minimum atomic E-state index is -0.857. The van der Waals surface area contributed by atoms with Crippen molar-refractivity contribution in [2.75, 3.05) is 5.32 Å². The zero-order valence-electron chi connectivity index (χ0n) is 16.5. The molecule has 0 atom stereocenters.